The number of aliphatic carboxylic acids is 1. The number of carboxylic acid groups (broad SMARTS) is 1. The Kier molecular flexibility index (Phi) is 13.7. The summed E-state index contributed by atoms with van der Waals surface area (Å²) in [5.41, 5.74) is 1.48. The number of carbonyl (C=O) groups is 6. The summed E-state index contributed by atoms with van der Waals surface area (Å²) < 4.78 is 39.0. The number of aromatic nitrogens is 3. The van der Waals surface area contributed by atoms with Crippen LogP contribution in [-0.2, 0) is 41.7 Å². The Labute approximate surface area is 307 Å². The predicted octanol–water partition coefficient (Wildman–Crippen LogP) is 1.41. The van der Waals surface area contributed by atoms with Crippen LogP contribution in [0.1, 0.15) is 51.0 Å². The van der Waals surface area contributed by atoms with Crippen molar-refractivity contribution < 1.29 is 51.8 Å². The molecule has 0 aliphatic carbocycles. The minimum Gasteiger partial charge on any atom is -0.492 e. The van der Waals surface area contributed by atoms with E-state index in [-0.39, 0.29) is 50.3 Å². The topological polar surface area (TPSA) is 223 Å². The van der Waals surface area contributed by atoms with E-state index in [2.05, 4.69) is 36.7 Å². The van der Waals surface area contributed by atoms with E-state index in [4.69, 9.17) is 14.6 Å². The minimum absolute atomic E-state index is 0.128. The molecule has 0 spiro atoms. The number of hydrogen-bond acceptors (Lipinski definition) is 9. The highest BCUT2D eigenvalue weighted by atomic mass is 19.4. The summed E-state index contributed by atoms with van der Waals surface area (Å²) in [6, 6.07) is 12.9. The van der Waals surface area contributed by atoms with Gasteiger partial charge in [-0.1, -0.05) is 56.3 Å². The maximum atomic E-state index is 13.8. The molecule has 4 atom stereocenters. The number of hydrogen-bond donors (Lipinski definition) is 6. The highest BCUT2D eigenvalue weighted by molar-refractivity contribution is 5.95. The van der Waals surface area contributed by atoms with Crippen molar-refractivity contribution in [1.29, 1.82) is 0 Å². The van der Waals surface area contributed by atoms with Gasteiger partial charge in [-0.2, -0.15) is 18.3 Å². The molecule has 3 aromatic rings. The van der Waals surface area contributed by atoms with Crippen molar-refractivity contribution >= 4 is 35.5 Å². The number of ether oxygens (including phenoxy) is 1. The van der Waals surface area contributed by atoms with Gasteiger partial charge in [-0.15, -0.1) is 0 Å². The van der Waals surface area contributed by atoms with E-state index in [9.17, 15) is 37.1 Å². The number of halogens is 3. The zero-order chi connectivity index (χ0) is 39.6. The van der Waals surface area contributed by atoms with Crippen molar-refractivity contribution in [3.63, 3.8) is 0 Å². The number of fused-ring (bicyclic) bond motifs is 14. The lowest BCUT2D eigenvalue weighted by Crippen LogP contribution is -2.57. The maximum absolute atomic E-state index is 13.8. The molecule has 1 aromatic heterocycles. The van der Waals surface area contributed by atoms with E-state index in [0.717, 1.165) is 11.1 Å². The van der Waals surface area contributed by atoms with Gasteiger partial charge in [0.25, 0.3) is 0 Å². The first-order valence-electron chi connectivity index (χ1n) is 17.0. The van der Waals surface area contributed by atoms with Gasteiger partial charge < -0.3 is 36.4 Å². The van der Waals surface area contributed by atoms with Crippen molar-refractivity contribution in [2.24, 2.45) is 5.92 Å². The summed E-state index contributed by atoms with van der Waals surface area (Å²) in [5.74, 6) is -3.79. The van der Waals surface area contributed by atoms with E-state index >= 15 is 0 Å². The van der Waals surface area contributed by atoms with Gasteiger partial charge in [-0.3, -0.25) is 24.0 Å². The van der Waals surface area contributed by atoms with Crippen LogP contribution in [0.5, 0.6) is 5.75 Å². The molecule has 1 saturated heterocycles. The number of rotatable bonds is 4. The van der Waals surface area contributed by atoms with E-state index in [1.165, 1.54) is 4.68 Å². The van der Waals surface area contributed by atoms with Crippen molar-refractivity contribution in [3.05, 3.63) is 66.0 Å². The Morgan fingerprint density at radius 1 is 0.963 bits per heavy atom. The largest absolute Gasteiger partial charge is 0.492 e. The van der Waals surface area contributed by atoms with Crippen LogP contribution in [0.25, 0.3) is 11.4 Å². The van der Waals surface area contributed by atoms with Crippen LogP contribution < -0.4 is 31.3 Å². The van der Waals surface area contributed by atoms with Gasteiger partial charge in [0.05, 0.1) is 12.6 Å². The molecule has 3 aliphatic rings. The third-order valence-corrected chi connectivity index (χ3v) is 8.26. The average Bonchev–Trinajstić information content (AvgIpc) is 3.75. The quantitative estimate of drug-likeness (QED) is 0.225. The van der Waals surface area contributed by atoms with Crippen molar-refractivity contribution in [3.8, 4) is 17.1 Å². The van der Waals surface area contributed by atoms with Gasteiger partial charge in [0.2, 0.25) is 29.5 Å². The van der Waals surface area contributed by atoms with E-state index in [0.29, 0.717) is 23.8 Å². The van der Waals surface area contributed by atoms with E-state index in [1.54, 1.807) is 45.0 Å². The van der Waals surface area contributed by atoms with Gasteiger partial charge in [0.15, 0.2) is 5.82 Å². The lowest BCUT2D eigenvalue weighted by molar-refractivity contribution is -0.192. The van der Waals surface area contributed by atoms with Crippen molar-refractivity contribution in [1.82, 2.24) is 41.3 Å². The first-order valence-corrected chi connectivity index (χ1v) is 17.0. The maximum Gasteiger partial charge on any atom is 0.490 e. The Bertz CT molecular complexity index is 1820. The Balaban J connectivity index is 0.000000845. The molecule has 2 aromatic carbocycles. The molecule has 54 heavy (non-hydrogen) atoms. The molecule has 0 unspecified atom stereocenters. The second-order valence-electron chi connectivity index (χ2n) is 12.8. The predicted molar refractivity (Wildman–Crippen MR) is 184 cm³/mol. The molecule has 2 bridgehead atoms. The fourth-order valence-electron chi connectivity index (χ4n) is 5.46. The molecule has 0 radical (unpaired) electrons. The second-order valence-corrected chi connectivity index (χ2v) is 12.8. The monoisotopic (exact) mass is 758 g/mol. The second kappa shape index (κ2) is 18.2. The third-order valence-electron chi connectivity index (χ3n) is 8.26. The van der Waals surface area contributed by atoms with Crippen LogP contribution in [0.15, 0.2) is 54.6 Å². The number of alkyl halides is 3. The molecule has 19 heteroatoms. The van der Waals surface area contributed by atoms with Crippen LogP contribution in [0.2, 0.25) is 0 Å². The Hall–Kier alpha value is -6.01. The molecule has 6 N–H and O–H groups in total. The number of nitrogens with zero attached hydrogens (tertiary/aromatic N) is 3. The van der Waals surface area contributed by atoms with E-state index in [1.807, 2.05) is 30.3 Å². The lowest BCUT2D eigenvalue weighted by atomic mass is 10.00. The molecule has 3 aliphatic heterocycles. The SMILES string of the molecule is CC(C)[C@H]1NC(=O)[C@@H](NC(=O)[C@H]2CCC(=O)N2)Cc2ccc(cc2)OCCNC(=O)Cn2nc(-c3ccccc3)nc2[C@H](C)NC1=O.O=C(O)C(F)(F)F. The molecule has 6 rings (SSSR count). The number of carbonyl (C=O) groups excluding carboxylic acids is 5. The van der Waals surface area contributed by atoms with Gasteiger partial charge in [-0.05, 0) is 37.0 Å². The summed E-state index contributed by atoms with van der Waals surface area (Å²) >= 11 is 0. The zero-order valence-corrected chi connectivity index (χ0v) is 29.6. The zero-order valence-electron chi connectivity index (χ0n) is 29.6. The van der Waals surface area contributed by atoms with Crippen molar-refractivity contribution in [2.75, 3.05) is 13.2 Å². The first-order chi connectivity index (χ1) is 25.5. The summed E-state index contributed by atoms with van der Waals surface area (Å²) in [6.45, 7) is 5.64. The molecule has 1 fully saturated rings. The molecule has 290 valence electrons. The van der Waals surface area contributed by atoms with Gasteiger partial charge in [-0.25, -0.2) is 14.5 Å². The summed E-state index contributed by atoms with van der Waals surface area (Å²) in [6.07, 6.45) is -4.39. The van der Waals surface area contributed by atoms with Crippen molar-refractivity contribution in [2.45, 2.75) is 76.9 Å². The smallest absolute Gasteiger partial charge is 0.490 e. The Morgan fingerprint density at radius 3 is 2.22 bits per heavy atom. The number of amides is 5. The molecule has 4 heterocycles. The minimum atomic E-state index is -5.08. The van der Waals surface area contributed by atoms with Gasteiger partial charge in [0, 0.05) is 18.4 Å². The van der Waals surface area contributed by atoms with Crippen LogP contribution in [0.3, 0.4) is 0 Å². The molecular formula is C35H41F3N8O8. The van der Waals surface area contributed by atoms with Crippen LogP contribution in [0, 0.1) is 5.92 Å². The molecule has 16 nitrogen and oxygen atoms in total. The van der Waals surface area contributed by atoms with Crippen LogP contribution >= 0.6 is 0 Å². The normalized spacial score (nSPS) is 21.2. The van der Waals surface area contributed by atoms with Crippen LogP contribution in [-0.4, -0.2) is 92.8 Å². The highest BCUT2D eigenvalue weighted by Crippen LogP contribution is 2.20. The third kappa shape index (κ3) is 11.5. The fourth-order valence-corrected chi connectivity index (χ4v) is 5.46. The molecule has 5 amide bonds. The highest BCUT2D eigenvalue weighted by Gasteiger charge is 2.38. The fraction of sp³-hybridized carbons (Fsp3) is 0.429. The molecule has 0 saturated carbocycles. The lowest BCUT2D eigenvalue weighted by Gasteiger charge is -2.27. The Morgan fingerprint density at radius 2 is 1.63 bits per heavy atom. The number of benzene rings is 2. The van der Waals surface area contributed by atoms with E-state index < -0.39 is 54.0 Å². The first kappa shape index (κ1) is 40.8. The standard InChI is InChI=1S/C33H40N8O6.C2HF3O2/c1-19(2)28-33(46)35-20(3)30-39-29(22-7-5-4-6-8-22)40-41(30)18-27(43)34-15-16-47-23-11-9-21(10-12-23)17-25(32(45)38-28)37-31(44)24-13-14-26(42)36-24;3-2(4,5)1(6)7/h4-12,19-20,24-25,28H,13-18H2,1-3H3,(H,34,43)(H,35,46)(H,36,42)(H,37,44)(H,38,45);(H,6,7)/t20-,24+,25-,28+;/m0./s1. The van der Waals surface area contributed by atoms with Crippen LogP contribution in [0.4, 0.5) is 13.2 Å². The van der Waals surface area contributed by atoms with Gasteiger partial charge >= 0.3 is 12.1 Å². The number of carboxylic acids is 1. The summed E-state index contributed by atoms with van der Waals surface area (Å²) in [4.78, 5) is 78.7. The summed E-state index contributed by atoms with van der Waals surface area (Å²) in [5, 5.41) is 25.7. The molecular weight excluding hydrogens is 717 g/mol. The van der Waals surface area contributed by atoms with Gasteiger partial charge in [0.1, 0.15) is 42.9 Å². The average molecular weight is 759 g/mol. The summed E-state index contributed by atoms with van der Waals surface area (Å²) in [7, 11) is 0. The number of nitrogens with one attached hydrogen (secondary N) is 5.